The monoisotopic (exact) mass is 333 g/mol. The molecule has 5 nitrogen and oxygen atoms in total. The predicted molar refractivity (Wildman–Crippen MR) is 78.1 cm³/mol. The summed E-state index contributed by atoms with van der Waals surface area (Å²) in [5, 5.41) is 21.2. The molecule has 8 heteroatoms. The van der Waals surface area contributed by atoms with E-state index in [4.69, 9.17) is 27.9 Å². The lowest BCUT2D eigenvalue weighted by Gasteiger charge is -2.04. The van der Waals surface area contributed by atoms with Crippen LogP contribution in [0, 0.1) is 10.1 Å². The van der Waals surface area contributed by atoms with Gasteiger partial charge in [0.1, 0.15) is 5.75 Å². The van der Waals surface area contributed by atoms with Gasteiger partial charge in [-0.25, -0.2) is 0 Å². The van der Waals surface area contributed by atoms with Gasteiger partial charge in [0.05, 0.1) is 21.1 Å². The Labute approximate surface area is 128 Å². The van der Waals surface area contributed by atoms with Gasteiger partial charge in [0.15, 0.2) is 0 Å². The van der Waals surface area contributed by atoms with Crippen molar-refractivity contribution in [3.8, 4) is 10.8 Å². The van der Waals surface area contributed by atoms with E-state index in [0.717, 1.165) is 11.3 Å². The largest absolute Gasteiger partial charge is 0.440 e. The van der Waals surface area contributed by atoms with Crippen LogP contribution in [0.1, 0.15) is 17.9 Å². The van der Waals surface area contributed by atoms with Gasteiger partial charge < -0.3 is 9.84 Å². The Balaban J connectivity index is 2.36. The highest BCUT2D eigenvalue weighted by molar-refractivity contribution is 7.14. The van der Waals surface area contributed by atoms with Gasteiger partial charge in [-0.15, -0.1) is 0 Å². The maximum Gasteiger partial charge on any atom is 0.323 e. The minimum atomic E-state index is -0.801. The number of halogens is 2. The van der Waals surface area contributed by atoms with Crippen molar-refractivity contribution in [2.45, 2.75) is 13.0 Å². The van der Waals surface area contributed by atoms with Crippen LogP contribution >= 0.6 is 34.5 Å². The highest BCUT2D eigenvalue weighted by Gasteiger charge is 2.23. The van der Waals surface area contributed by atoms with Crippen molar-refractivity contribution in [3.63, 3.8) is 0 Å². The molecule has 1 N–H and O–H groups in total. The van der Waals surface area contributed by atoms with Gasteiger partial charge in [0.25, 0.3) is 5.06 Å². The van der Waals surface area contributed by atoms with Crippen molar-refractivity contribution in [1.29, 1.82) is 0 Å². The van der Waals surface area contributed by atoms with Crippen LogP contribution in [0.3, 0.4) is 0 Å². The van der Waals surface area contributed by atoms with Crippen LogP contribution < -0.4 is 4.74 Å². The highest BCUT2D eigenvalue weighted by Crippen LogP contribution is 2.42. The molecule has 0 unspecified atom stereocenters. The molecule has 1 atom stereocenters. The molecule has 1 aromatic carbocycles. The number of benzene rings is 1. The average Bonchev–Trinajstić information content (AvgIpc) is 2.78. The van der Waals surface area contributed by atoms with E-state index in [2.05, 4.69) is 0 Å². The van der Waals surface area contributed by atoms with E-state index in [-0.39, 0.29) is 10.8 Å². The molecule has 0 aliphatic rings. The molecule has 106 valence electrons. The van der Waals surface area contributed by atoms with E-state index in [0.29, 0.717) is 20.7 Å². The SMILES string of the molecule is C[C@@H](O)c1cc([N+](=O)[O-])c(Oc2ccc(Cl)c(Cl)c2)s1. The molecule has 0 aliphatic heterocycles. The number of ether oxygens (including phenoxy) is 1. The number of nitrogens with zero attached hydrogens (tertiary/aromatic N) is 1. The van der Waals surface area contributed by atoms with E-state index in [9.17, 15) is 15.2 Å². The molecule has 0 aliphatic carbocycles. The Bertz CT molecular complexity index is 657. The standard InChI is InChI=1S/C12H9Cl2NO4S/c1-6(16)11-5-10(15(17)18)12(20-11)19-7-2-3-8(13)9(14)4-7/h2-6,16H,1H3/t6-/m1/s1. The maximum atomic E-state index is 11.0. The first-order valence-corrected chi connectivity index (χ1v) is 7.05. The lowest BCUT2D eigenvalue weighted by Crippen LogP contribution is -1.89. The van der Waals surface area contributed by atoms with Gasteiger partial charge in [-0.05, 0) is 19.1 Å². The van der Waals surface area contributed by atoms with Gasteiger partial charge in [0, 0.05) is 17.0 Å². The zero-order chi connectivity index (χ0) is 14.9. The topological polar surface area (TPSA) is 72.6 Å². The number of nitro groups is 1. The Morgan fingerprint density at radius 3 is 2.60 bits per heavy atom. The van der Waals surface area contributed by atoms with Crippen LogP contribution in [0.5, 0.6) is 10.8 Å². The van der Waals surface area contributed by atoms with Crippen molar-refractivity contribution >= 4 is 40.2 Å². The summed E-state index contributed by atoms with van der Waals surface area (Å²) in [4.78, 5) is 10.9. The summed E-state index contributed by atoms with van der Waals surface area (Å²) >= 11 is 12.7. The van der Waals surface area contributed by atoms with Crippen molar-refractivity contribution < 1.29 is 14.8 Å². The second-order valence-corrected chi connectivity index (χ2v) is 5.79. The fraction of sp³-hybridized carbons (Fsp3) is 0.167. The third-order valence-electron chi connectivity index (χ3n) is 2.41. The molecule has 0 saturated carbocycles. The van der Waals surface area contributed by atoms with Gasteiger partial charge in [-0.1, -0.05) is 34.5 Å². The average molecular weight is 334 g/mol. The number of aliphatic hydroxyl groups is 1. The minimum Gasteiger partial charge on any atom is -0.440 e. The Morgan fingerprint density at radius 2 is 2.05 bits per heavy atom. The lowest BCUT2D eigenvalue weighted by molar-refractivity contribution is -0.385. The molecule has 20 heavy (non-hydrogen) atoms. The summed E-state index contributed by atoms with van der Waals surface area (Å²) in [7, 11) is 0. The molecule has 0 saturated heterocycles. The quantitative estimate of drug-likeness (QED) is 0.643. The van der Waals surface area contributed by atoms with Crippen LogP contribution in [0.25, 0.3) is 0 Å². The van der Waals surface area contributed by atoms with Crippen molar-refractivity contribution in [1.82, 2.24) is 0 Å². The molecule has 0 spiro atoms. The smallest absolute Gasteiger partial charge is 0.323 e. The van der Waals surface area contributed by atoms with Crippen LogP contribution in [0.15, 0.2) is 24.3 Å². The second-order valence-electron chi connectivity index (χ2n) is 3.93. The Hall–Kier alpha value is -1.34. The van der Waals surface area contributed by atoms with Crippen LogP contribution in [0.4, 0.5) is 5.69 Å². The van der Waals surface area contributed by atoms with E-state index in [1.54, 1.807) is 6.07 Å². The molecule has 1 heterocycles. The third kappa shape index (κ3) is 3.21. The summed E-state index contributed by atoms with van der Waals surface area (Å²) < 4.78 is 5.46. The summed E-state index contributed by atoms with van der Waals surface area (Å²) in [6.45, 7) is 1.53. The van der Waals surface area contributed by atoms with E-state index < -0.39 is 11.0 Å². The fourth-order valence-electron chi connectivity index (χ4n) is 1.44. The first kappa shape index (κ1) is 15.1. The molecule has 0 bridgehead atoms. The number of rotatable bonds is 4. The summed E-state index contributed by atoms with van der Waals surface area (Å²) in [6.07, 6.45) is -0.801. The molecular formula is C12H9Cl2NO4S. The first-order chi connectivity index (χ1) is 9.38. The Morgan fingerprint density at radius 1 is 1.35 bits per heavy atom. The Kier molecular flexibility index (Phi) is 4.49. The zero-order valence-electron chi connectivity index (χ0n) is 10.2. The minimum absolute atomic E-state index is 0.0873. The molecule has 0 radical (unpaired) electrons. The van der Waals surface area contributed by atoms with Gasteiger partial charge >= 0.3 is 5.69 Å². The number of aliphatic hydroxyl groups excluding tert-OH is 1. The number of hydrogen-bond acceptors (Lipinski definition) is 5. The molecule has 0 amide bonds. The maximum absolute atomic E-state index is 11.0. The van der Waals surface area contributed by atoms with Gasteiger partial charge in [-0.2, -0.15) is 0 Å². The number of thiophene rings is 1. The van der Waals surface area contributed by atoms with Gasteiger partial charge in [-0.3, -0.25) is 10.1 Å². The third-order valence-corrected chi connectivity index (χ3v) is 4.32. The molecule has 2 aromatic rings. The number of hydrogen-bond donors (Lipinski definition) is 1. The summed E-state index contributed by atoms with van der Waals surface area (Å²) in [5.74, 6) is 0.335. The van der Waals surface area contributed by atoms with Crippen molar-refractivity contribution in [3.05, 3.63) is 49.3 Å². The van der Waals surface area contributed by atoms with Crippen molar-refractivity contribution in [2.75, 3.05) is 0 Å². The predicted octanol–water partition coefficient (Wildman–Crippen LogP) is 4.81. The van der Waals surface area contributed by atoms with E-state index in [1.807, 2.05) is 0 Å². The van der Waals surface area contributed by atoms with E-state index in [1.165, 1.54) is 25.1 Å². The molecule has 1 aromatic heterocycles. The van der Waals surface area contributed by atoms with E-state index >= 15 is 0 Å². The molecule has 2 rings (SSSR count). The van der Waals surface area contributed by atoms with Crippen molar-refractivity contribution in [2.24, 2.45) is 0 Å². The summed E-state index contributed by atoms with van der Waals surface area (Å²) in [6, 6.07) is 5.85. The highest BCUT2D eigenvalue weighted by atomic mass is 35.5. The van der Waals surface area contributed by atoms with Crippen LogP contribution in [-0.2, 0) is 0 Å². The second kappa shape index (κ2) is 5.97. The normalized spacial score (nSPS) is 12.2. The van der Waals surface area contributed by atoms with Crippen LogP contribution in [0.2, 0.25) is 10.0 Å². The van der Waals surface area contributed by atoms with Gasteiger partial charge in [0.2, 0.25) is 0 Å². The fourth-order valence-corrected chi connectivity index (χ4v) is 2.66. The zero-order valence-corrected chi connectivity index (χ0v) is 12.5. The molecular weight excluding hydrogens is 325 g/mol. The first-order valence-electron chi connectivity index (χ1n) is 5.47. The lowest BCUT2D eigenvalue weighted by atomic mass is 10.3. The van der Waals surface area contributed by atoms with Crippen LogP contribution in [-0.4, -0.2) is 10.0 Å². The summed E-state index contributed by atoms with van der Waals surface area (Å²) in [5.41, 5.74) is -0.197. The molecule has 0 fully saturated rings.